The Balaban J connectivity index is 2.31. The van der Waals surface area contributed by atoms with Crippen LogP contribution >= 0.6 is 15.9 Å². The first-order chi connectivity index (χ1) is 7.66. The van der Waals surface area contributed by atoms with Crippen LogP contribution in [0.15, 0.2) is 35.1 Å². The summed E-state index contributed by atoms with van der Waals surface area (Å²) >= 11 is 3.28. The molecule has 0 radical (unpaired) electrons. The van der Waals surface area contributed by atoms with E-state index in [0.29, 0.717) is 16.2 Å². The Bertz CT molecular complexity index is 516. The molecule has 0 aliphatic carbocycles. The predicted octanol–water partition coefficient (Wildman–Crippen LogP) is 2.92. The summed E-state index contributed by atoms with van der Waals surface area (Å²) in [5.74, 6) is 1.49. The van der Waals surface area contributed by atoms with Gasteiger partial charge in [0.05, 0.1) is 0 Å². The molecule has 1 heterocycles. The summed E-state index contributed by atoms with van der Waals surface area (Å²) in [6, 6.07) is 7.70. The van der Waals surface area contributed by atoms with Crippen LogP contribution in [0.4, 0.5) is 5.82 Å². The third kappa shape index (κ3) is 2.30. The molecule has 0 aliphatic rings. The van der Waals surface area contributed by atoms with E-state index in [1.54, 1.807) is 0 Å². The lowest BCUT2D eigenvalue weighted by Crippen LogP contribution is -1.96. The minimum atomic E-state index is 0.359. The van der Waals surface area contributed by atoms with Crippen molar-refractivity contribution in [1.82, 2.24) is 9.97 Å². The fraction of sp³-hybridized carbons (Fsp3) is 0.0909. The second-order valence-electron chi connectivity index (χ2n) is 3.30. The summed E-state index contributed by atoms with van der Waals surface area (Å²) in [6.07, 6.45) is 1.37. The van der Waals surface area contributed by atoms with E-state index in [1.165, 1.54) is 6.33 Å². The van der Waals surface area contributed by atoms with E-state index in [1.807, 2.05) is 31.2 Å². The molecule has 2 aromatic rings. The van der Waals surface area contributed by atoms with Gasteiger partial charge in [-0.25, -0.2) is 9.97 Å². The third-order valence-corrected chi connectivity index (χ3v) is 2.73. The van der Waals surface area contributed by atoms with Gasteiger partial charge < -0.3 is 10.5 Å². The number of nitrogen functional groups attached to an aromatic ring is 1. The molecule has 0 bridgehead atoms. The van der Waals surface area contributed by atoms with Crippen molar-refractivity contribution in [3.05, 3.63) is 40.6 Å². The number of ether oxygens (including phenoxy) is 1. The lowest BCUT2D eigenvalue weighted by Gasteiger charge is -2.07. The topological polar surface area (TPSA) is 61.0 Å². The van der Waals surface area contributed by atoms with E-state index in [9.17, 15) is 0 Å². The Labute approximate surface area is 102 Å². The second kappa shape index (κ2) is 4.49. The molecule has 2 rings (SSSR count). The van der Waals surface area contributed by atoms with Gasteiger partial charge in [0, 0.05) is 0 Å². The number of aryl methyl sites for hydroxylation is 1. The molecule has 2 N–H and O–H groups in total. The summed E-state index contributed by atoms with van der Waals surface area (Å²) in [5.41, 5.74) is 6.75. The molecule has 0 saturated carbocycles. The molecule has 4 nitrogen and oxygen atoms in total. The smallest absolute Gasteiger partial charge is 0.238 e. The molecule has 0 saturated heterocycles. The van der Waals surface area contributed by atoms with Crippen molar-refractivity contribution in [2.24, 2.45) is 0 Å². The molecular formula is C11H10BrN3O. The van der Waals surface area contributed by atoms with Gasteiger partial charge in [0.25, 0.3) is 0 Å². The molecule has 5 heteroatoms. The Morgan fingerprint density at radius 1 is 1.31 bits per heavy atom. The summed E-state index contributed by atoms with van der Waals surface area (Å²) in [7, 11) is 0. The van der Waals surface area contributed by atoms with Gasteiger partial charge >= 0.3 is 0 Å². The molecule has 0 unspecified atom stereocenters. The number of hydrogen-bond acceptors (Lipinski definition) is 4. The number of hydrogen-bond donors (Lipinski definition) is 1. The lowest BCUT2D eigenvalue weighted by molar-refractivity contribution is 0.458. The highest BCUT2D eigenvalue weighted by molar-refractivity contribution is 9.10. The van der Waals surface area contributed by atoms with Gasteiger partial charge in [-0.1, -0.05) is 12.1 Å². The summed E-state index contributed by atoms with van der Waals surface area (Å²) in [4.78, 5) is 7.84. The van der Waals surface area contributed by atoms with Gasteiger partial charge in [-0.15, -0.1) is 0 Å². The molecule has 1 aromatic heterocycles. The Hall–Kier alpha value is -1.62. The lowest BCUT2D eigenvalue weighted by atomic mass is 10.2. The minimum Gasteiger partial charge on any atom is -0.438 e. The monoisotopic (exact) mass is 279 g/mol. The van der Waals surface area contributed by atoms with E-state index in [2.05, 4.69) is 25.9 Å². The van der Waals surface area contributed by atoms with Gasteiger partial charge in [-0.05, 0) is 40.5 Å². The number of nitrogens with zero attached hydrogens (tertiary/aromatic N) is 2. The quantitative estimate of drug-likeness (QED) is 0.918. The maximum absolute atomic E-state index is 5.63. The molecule has 0 aliphatic heterocycles. The van der Waals surface area contributed by atoms with Crippen LogP contribution in [-0.2, 0) is 0 Å². The van der Waals surface area contributed by atoms with Crippen LogP contribution in [0, 0.1) is 6.92 Å². The largest absolute Gasteiger partial charge is 0.438 e. The Kier molecular flexibility index (Phi) is 3.05. The van der Waals surface area contributed by atoms with Crippen molar-refractivity contribution >= 4 is 21.7 Å². The number of anilines is 1. The molecule has 0 fully saturated rings. The fourth-order valence-electron chi connectivity index (χ4n) is 1.23. The first kappa shape index (κ1) is 10.9. The van der Waals surface area contributed by atoms with Gasteiger partial charge in [-0.2, -0.15) is 0 Å². The van der Waals surface area contributed by atoms with Crippen LogP contribution in [0.25, 0.3) is 0 Å². The van der Waals surface area contributed by atoms with Gasteiger partial charge in [0.15, 0.2) is 0 Å². The summed E-state index contributed by atoms with van der Waals surface area (Å²) in [5, 5.41) is 0. The van der Waals surface area contributed by atoms with Crippen LogP contribution in [0.1, 0.15) is 5.56 Å². The van der Waals surface area contributed by atoms with E-state index in [4.69, 9.17) is 10.5 Å². The summed E-state index contributed by atoms with van der Waals surface area (Å²) in [6.45, 7) is 2.00. The van der Waals surface area contributed by atoms with Crippen LogP contribution in [-0.4, -0.2) is 9.97 Å². The number of rotatable bonds is 2. The van der Waals surface area contributed by atoms with Crippen LogP contribution in [0.2, 0.25) is 0 Å². The maximum atomic E-state index is 5.63. The number of benzene rings is 1. The molecule has 0 spiro atoms. The minimum absolute atomic E-state index is 0.359. The van der Waals surface area contributed by atoms with Crippen LogP contribution in [0.5, 0.6) is 11.6 Å². The number of halogens is 1. The molecule has 82 valence electrons. The predicted molar refractivity (Wildman–Crippen MR) is 65.4 cm³/mol. The zero-order valence-electron chi connectivity index (χ0n) is 8.64. The molecule has 0 amide bonds. The third-order valence-electron chi connectivity index (χ3n) is 1.99. The van der Waals surface area contributed by atoms with E-state index in [0.717, 1.165) is 11.3 Å². The van der Waals surface area contributed by atoms with Crippen LogP contribution in [0.3, 0.4) is 0 Å². The Morgan fingerprint density at radius 3 is 2.88 bits per heavy atom. The normalized spacial score (nSPS) is 10.1. The Morgan fingerprint density at radius 2 is 2.12 bits per heavy atom. The van der Waals surface area contributed by atoms with E-state index >= 15 is 0 Å². The van der Waals surface area contributed by atoms with Gasteiger partial charge in [-0.3, -0.25) is 0 Å². The number of nitrogens with two attached hydrogens (primary N) is 1. The van der Waals surface area contributed by atoms with Crippen LogP contribution < -0.4 is 10.5 Å². The fourth-order valence-corrected chi connectivity index (χ4v) is 1.51. The summed E-state index contributed by atoms with van der Waals surface area (Å²) < 4.78 is 6.16. The number of aromatic nitrogens is 2. The van der Waals surface area contributed by atoms with Crippen molar-refractivity contribution in [2.45, 2.75) is 6.92 Å². The SMILES string of the molecule is Cc1cccc(Oc2ncnc(N)c2Br)c1. The van der Waals surface area contributed by atoms with Crippen molar-refractivity contribution in [3.63, 3.8) is 0 Å². The van der Waals surface area contributed by atoms with Crippen molar-refractivity contribution in [2.75, 3.05) is 5.73 Å². The van der Waals surface area contributed by atoms with E-state index < -0.39 is 0 Å². The van der Waals surface area contributed by atoms with Crippen molar-refractivity contribution in [3.8, 4) is 11.6 Å². The van der Waals surface area contributed by atoms with Gasteiger partial charge in [0.1, 0.15) is 22.4 Å². The zero-order valence-corrected chi connectivity index (χ0v) is 10.2. The van der Waals surface area contributed by atoms with Crippen molar-refractivity contribution < 1.29 is 4.74 Å². The standard InChI is InChI=1S/C11H10BrN3O/c1-7-3-2-4-8(5-7)16-11-9(12)10(13)14-6-15-11/h2-6H,1H3,(H2,13,14,15). The molecule has 1 aromatic carbocycles. The van der Waals surface area contributed by atoms with E-state index in [-0.39, 0.29) is 0 Å². The first-order valence-electron chi connectivity index (χ1n) is 4.67. The van der Waals surface area contributed by atoms with Crippen molar-refractivity contribution in [1.29, 1.82) is 0 Å². The molecular weight excluding hydrogens is 270 g/mol. The highest BCUT2D eigenvalue weighted by atomic mass is 79.9. The first-order valence-corrected chi connectivity index (χ1v) is 5.46. The highest BCUT2D eigenvalue weighted by Gasteiger charge is 2.08. The highest BCUT2D eigenvalue weighted by Crippen LogP contribution is 2.30. The second-order valence-corrected chi connectivity index (χ2v) is 4.09. The van der Waals surface area contributed by atoms with Gasteiger partial charge in [0.2, 0.25) is 5.88 Å². The maximum Gasteiger partial charge on any atom is 0.238 e. The molecule has 16 heavy (non-hydrogen) atoms. The average Bonchev–Trinajstić information content (AvgIpc) is 2.25. The average molecular weight is 280 g/mol. The zero-order chi connectivity index (χ0) is 11.5. The molecule has 0 atom stereocenters.